The predicted octanol–water partition coefficient (Wildman–Crippen LogP) is 0.818. The summed E-state index contributed by atoms with van der Waals surface area (Å²) in [7, 11) is 1.81. The van der Waals surface area contributed by atoms with Crippen LogP contribution >= 0.6 is 0 Å². The number of H-pyrrole nitrogens is 1. The summed E-state index contributed by atoms with van der Waals surface area (Å²) in [5, 5.41) is 2.93. The first-order valence-electron chi connectivity index (χ1n) is 9.86. The number of hydrogen-bond acceptors (Lipinski definition) is 8. The molecule has 0 bridgehead atoms. The minimum atomic E-state index is -0.0734. The van der Waals surface area contributed by atoms with Crippen molar-refractivity contribution < 1.29 is 4.74 Å². The fourth-order valence-corrected chi connectivity index (χ4v) is 3.81. The molecular weight excluding hydrogens is 358 g/mol. The first-order chi connectivity index (χ1) is 13.7. The fraction of sp³-hybridized carbons (Fsp3) is 0.579. The van der Waals surface area contributed by atoms with Gasteiger partial charge in [-0.15, -0.1) is 0 Å². The number of nitrogens with one attached hydrogen (secondary N) is 2. The minimum Gasteiger partial charge on any atom is -0.378 e. The highest BCUT2D eigenvalue weighted by molar-refractivity contribution is 5.31. The largest absolute Gasteiger partial charge is 0.378 e. The highest BCUT2D eigenvalue weighted by Crippen LogP contribution is 2.27. The molecular formula is C19H27N7O2. The van der Waals surface area contributed by atoms with E-state index in [0.717, 1.165) is 56.8 Å². The molecule has 9 heteroatoms. The third kappa shape index (κ3) is 4.48. The van der Waals surface area contributed by atoms with E-state index in [1.807, 2.05) is 19.4 Å². The molecule has 4 heterocycles. The summed E-state index contributed by atoms with van der Waals surface area (Å²) < 4.78 is 5.39. The number of morpholine rings is 1. The normalized spacial score (nSPS) is 19.0. The van der Waals surface area contributed by atoms with Gasteiger partial charge in [0.2, 0.25) is 11.9 Å². The quantitative estimate of drug-likeness (QED) is 0.780. The monoisotopic (exact) mass is 385 g/mol. The zero-order valence-electron chi connectivity index (χ0n) is 16.2. The molecule has 2 aromatic rings. The summed E-state index contributed by atoms with van der Waals surface area (Å²) in [4.78, 5) is 32.9. The van der Waals surface area contributed by atoms with Crippen molar-refractivity contribution in [2.24, 2.45) is 0 Å². The molecule has 28 heavy (non-hydrogen) atoms. The molecule has 0 atom stereocenters. The molecule has 0 spiro atoms. The van der Waals surface area contributed by atoms with Crippen molar-refractivity contribution >= 4 is 11.9 Å². The molecule has 2 aromatic heterocycles. The lowest BCUT2D eigenvalue weighted by molar-refractivity contribution is 0.122. The number of aromatic amines is 1. The Morgan fingerprint density at radius 1 is 1.18 bits per heavy atom. The van der Waals surface area contributed by atoms with Crippen molar-refractivity contribution in [2.75, 3.05) is 56.7 Å². The van der Waals surface area contributed by atoms with E-state index in [4.69, 9.17) is 9.72 Å². The van der Waals surface area contributed by atoms with E-state index in [9.17, 15) is 4.79 Å². The molecule has 9 nitrogen and oxygen atoms in total. The maximum Gasteiger partial charge on any atom is 0.252 e. The molecule has 0 aliphatic carbocycles. The Balaban J connectivity index is 1.37. The van der Waals surface area contributed by atoms with Crippen LogP contribution in [-0.2, 0) is 11.3 Å². The van der Waals surface area contributed by atoms with Gasteiger partial charge in [0, 0.05) is 56.6 Å². The van der Waals surface area contributed by atoms with E-state index in [0.29, 0.717) is 31.0 Å². The van der Waals surface area contributed by atoms with Crippen molar-refractivity contribution in [3.63, 3.8) is 0 Å². The summed E-state index contributed by atoms with van der Waals surface area (Å²) in [6.07, 6.45) is 5.73. The number of ether oxygens (including phenoxy) is 1. The molecule has 0 unspecified atom stereocenters. The lowest BCUT2D eigenvalue weighted by atomic mass is 9.93. The Morgan fingerprint density at radius 3 is 2.57 bits per heavy atom. The average Bonchev–Trinajstić information content (AvgIpc) is 2.75. The van der Waals surface area contributed by atoms with Gasteiger partial charge >= 0.3 is 0 Å². The third-order valence-electron chi connectivity index (χ3n) is 5.40. The number of hydrogen-bond donors (Lipinski definition) is 2. The molecule has 2 N–H and O–H groups in total. The van der Waals surface area contributed by atoms with Gasteiger partial charge in [0.1, 0.15) is 0 Å². The van der Waals surface area contributed by atoms with Gasteiger partial charge in [-0.2, -0.15) is 0 Å². The van der Waals surface area contributed by atoms with Crippen LogP contribution in [0.15, 0.2) is 23.3 Å². The van der Waals surface area contributed by atoms with Crippen molar-refractivity contribution in [1.29, 1.82) is 0 Å². The molecule has 4 rings (SSSR count). The smallest absolute Gasteiger partial charge is 0.252 e. The van der Waals surface area contributed by atoms with Gasteiger partial charge in [0.25, 0.3) is 5.56 Å². The van der Waals surface area contributed by atoms with Crippen LogP contribution < -0.4 is 15.8 Å². The topological polar surface area (TPSA) is 99.3 Å². The highest BCUT2D eigenvalue weighted by atomic mass is 16.5. The van der Waals surface area contributed by atoms with Gasteiger partial charge in [-0.3, -0.25) is 14.7 Å². The summed E-state index contributed by atoms with van der Waals surface area (Å²) in [6, 6.07) is 1.66. The number of likely N-dealkylation sites (tertiary alicyclic amines) is 1. The second kappa shape index (κ2) is 8.66. The van der Waals surface area contributed by atoms with E-state index in [1.165, 1.54) is 0 Å². The Morgan fingerprint density at radius 2 is 1.89 bits per heavy atom. The predicted molar refractivity (Wildman–Crippen MR) is 107 cm³/mol. The summed E-state index contributed by atoms with van der Waals surface area (Å²) in [6.45, 7) is 5.66. The van der Waals surface area contributed by atoms with Gasteiger partial charge in [-0.1, -0.05) is 0 Å². The standard InChI is InChI=1S/C19H27N7O2/c1-20-18-21-11-14(12-22-18)13-25-4-2-15(3-5-25)16-10-17(27)24-19(23-16)26-6-8-28-9-7-26/h10-12,15H,2-9,13H2,1H3,(H,20,21,22)(H,23,24,27). The van der Waals surface area contributed by atoms with E-state index in [-0.39, 0.29) is 5.56 Å². The van der Waals surface area contributed by atoms with Crippen molar-refractivity contribution in [3.05, 3.63) is 40.1 Å². The lowest BCUT2D eigenvalue weighted by Crippen LogP contribution is -2.39. The number of aromatic nitrogens is 4. The van der Waals surface area contributed by atoms with Crippen LogP contribution in [0.1, 0.15) is 30.0 Å². The highest BCUT2D eigenvalue weighted by Gasteiger charge is 2.24. The molecule has 2 aliphatic rings. The Labute approximate surface area is 164 Å². The van der Waals surface area contributed by atoms with Gasteiger partial charge in [0.15, 0.2) is 0 Å². The van der Waals surface area contributed by atoms with Gasteiger partial charge in [-0.25, -0.2) is 15.0 Å². The first-order valence-corrected chi connectivity index (χ1v) is 9.86. The summed E-state index contributed by atoms with van der Waals surface area (Å²) in [5.41, 5.74) is 1.95. The number of anilines is 2. The van der Waals surface area contributed by atoms with E-state index in [2.05, 4.69) is 30.1 Å². The Bertz CT molecular complexity index is 825. The van der Waals surface area contributed by atoms with Gasteiger partial charge < -0.3 is 15.0 Å². The second-order valence-corrected chi connectivity index (χ2v) is 7.31. The van der Waals surface area contributed by atoms with Crippen LogP contribution in [0.25, 0.3) is 0 Å². The molecule has 2 fully saturated rings. The van der Waals surface area contributed by atoms with Crippen LogP contribution in [0, 0.1) is 0 Å². The van der Waals surface area contributed by atoms with E-state index in [1.54, 1.807) is 6.07 Å². The van der Waals surface area contributed by atoms with Crippen LogP contribution in [0.3, 0.4) is 0 Å². The lowest BCUT2D eigenvalue weighted by Gasteiger charge is -2.32. The molecule has 0 saturated carbocycles. The number of piperidine rings is 1. The number of rotatable bonds is 5. The summed E-state index contributed by atoms with van der Waals surface area (Å²) >= 11 is 0. The minimum absolute atomic E-state index is 0.0734. The SMILES string of the molecule is CNc1ncc(CN2CCC(c3cc(=O)[nH]c(N4CCOCC4)n3)CC2)cn1. The van der Waals surface area contributed by atoms with Crippen LogP contribution in [0.5, 0.6) is 0 Å². The van der Waals surface area contributed by atoms with E-state index >= 15 is 0 Å². The number of nitrogens with zero attached hydrogens (tertiary/aromatic N) is 5. The Hall–Kier alpha value is -2.52. The molecule has 0 amide bonds. The third-order valence-corrected chi connectivity index (χ3v) is 5.40. The average molecular weight is 385 g/mol. The van der Waals surface area contributed by atoms with Crippen molar-refractivity contribution in [3.8, 4) is 0 Å². The fourth-order valence-electron chi connectivity index (χ4n) is 3.81. The van der Waals surface area contributed by atoms with Crippen LogP contribution in [0.2, 0.25) is 0 Å². The maximum absolute atomic E-state index is 12.2. The Kier molecular flexibility index (Phi) is 5.82. The molecule has 2 saturated heterocycles. The zero-order chi connectivity index (χ0) is 19.3. The first kappa shape index (κ1) is 18.8. The molecule has 0 aromatic carbocycles. The second-order valence-electron chi connectivity index (χ2n) is 7.31. The van der Waals surface area contributed by atoms with Crippen LogP contribution in [-0.4, -0.2) is 71.3 Å². The molecule has 0 radical (unpaired) electrons. The maximum atomic E-state index is 12.2. The summed E-state index contributed by atoms with van der Waals surface area (Å²) in [5.74, 6) is 1.63. The van der Waals surface area contributed by atoms with Crippen LogP contribution in [0.4, 0.5) is 11.9 Å². The van der Waals surface area contributed by atoms with E-state index < -0.39 is 0 Å². The molecule has 150 valence electrons. The van der Waals surface area contributed by atoms with Gasteiger partial charge in [-0.05, 0) is 25.9 Å². The van der Waals surface area contributed by atoms with Crippen molar-refractivity contribution in [1.82, 2.24) is 24.8 Å². The van der Waals surface area contributed by atoms with Gasteiger partial charge in [0.05, 0.1) is 18.9 Å². The van der Waals surface area contributed by atoms with Crippen molar-refractivity contribution in [2.45, 2.75) is 25.3 Å². The zero-order valence-corrected chi connectivity index (χ0v) is 16.2. The molecule has 2 aliphatic heterocycles.